The summed E-state index contributed by atoms with van der Waals surface area (Å²) < 4.78 is 1.79. The minimum atomic E-state index is 0.748. The maximum absolute atomic E-state index is 4.42. The molecule has 3 aromatic rings. The van der Waals surface area contributed by atoms with Crippen molar-refractivity contribution in [3.8, 4) is 0 Å². The molecule has 6 heteroatoms. The van der Waals surface area contributed by atoms with Gasteiger partial charge in [0.05, 0.1) is 0 Å². The molecule has 0 fully saturated rings. The van der Waals surface area contributed by atoms with Gasteiger partial charge in [0.25, 0.3) is 0 Å². The maximum Gasteiger partial charge on any atom is 0.183 e. The van der Waals surface area contributed by atoms with E-state index in [1.54, 1.807) is 11.0 Å². The third kappa shape index (κ3) is 2.56. The van der Waals surface area contributed by atoms with Crippen LogP contribution in [-0.4, -0.2) is 31.5 Å². The summed E-state index contributed by atoms with van der Waals surface area (Å²) in [5, 5.41) is 8.38. The topological polar surface area (TPSA) is 59.7 Å². The Kier molecular flexibility index (Phi) is 3.77. The van der Waals surface area contributed by atoms with Crippen LogP contribution >= 0.6 is 0 Å². The minimum absolute atomic E-state index is 0.748. The molecule has 2 aromatic heterocycles. The van der Waals surface area contributed by atoms with E-state index in [9.17, 15) is 0 Å². The van der Waals surface area contributed by atoms with Crippen molar-refractivity contribution in [3.63, 3.8) is 0 Å². The monoisotopic (exact) mass is 282 g/mol. The van der Waals surface area contributed by atoms with Gasteiger partial charge in [-0.05, 0) is 19.4 Å². The number of aromatic nitrogens is 5. The van der Waals surface area contributed by atoms with E-state index in [0.29, 0.717) is 0 Å². The average molecular weight is 282 g/mol. The molecule has 108 valence electrons. The molecular formula is C15H18N6. The van der Waals surface area contributed by atoms with Crippen LogP contribution in [0.2, 0.25) is 0 Å². The number of hydrogen-bond acceptors (Lipinski definition) is 5. The highest BCUT2D eigenvalue weighted by Gasteiger charge is 2.15. The maximum atomic E-state index is 4.42. The summed E-state index contributed by atoms with van der Waals surface area (Å²) in [7, 11) is 0. The van der Waals surface area contributed by atoms with Gasteiger partial charge in [-0.25, -0.2) is 14.6 Å². The molecule has 0 aliphatic rings. The SMILES string of the molecule is CCN(Cc1ccccc1)c1ncnc2c1nnn2CC. The molecule has 0 saturated carbocycles. The molecule has 0 unspecified atom stereocenters. The Morgan fingerprint density at radius 3 is 2.62 bits per heavy atom. The number of hydrogen-bond donors (Lipinski definition) is 0. The first-order valence-electron chi connectivity index (χ1n) is 7.16. The number of aryl methyl sites for hydroxylation is 1. The summed E-state index contributed by atoms with van der Waals surface area (Å²) in [6, 6.07) is 10.3. The molecule has 2 heterocycles. The first kappa shape index (κ1) is 13.5. The lowest BCUT2D eigenvalue weighted by Gasteiger charge is -2.21. The molecule has 21 heavy (non-hydrogen) atoms. The van der Waals surface area contributed by atoms with Crippen molar-refractivity contribution in [2.24, 2.45) is 0 Å². The Bertz CT molecular complexity index is 721. The number of fused-ring (bicyclic) bond motifs is 1. The molecule has 0 radical (unpaired) electrons. The molecule has 3 rings (SSSR count). The van der Waals surface area contributed by atoms with Gasteiger partial charge in [0.1, 0.15) is 6.33 Å². The van der Waals surface area contributed by atoms with Gasteiger partial charge in [0.2, 0.25) is 0 Å². The van der Waals surface area contributed by atoms with Gasteiger partial charge in [-0.15, -0.1) is 5.10 Å². The molecule has 0 bridgehead atoms. The van der Waals surface area contributed by atoms with E-state index in [4.69, 9.17) is 0 Å². The first-order chi connectivity index (χ1) is 10.3. The van der Waals surface area contributed by atoms with E-state index in [1.807, 2.05) is 25.1 Å². The molecule has 0 saturated heterocycles. The summed E-state index contributed by atoms with van der Waals surface area (Å²) in [6.45, 7) is 6.53. The lowest BCUT2D eigenvalue weighted by atomic mass is 10.2. The van der Waals surface area contributed by atoms with Gasteiger partial charge < -0.3 is 4.90 Å². The quantitative estimate of drug-likeness (QED) is 0.718. The second-order valence-corrected chi connectivity index (χ2v) is 4.77. The van der Waals surface area contributed by atoms with Crippen LogP contribution in [0, 0.1) is 0 Å². The van der Waals surface area contributed by atoms with Gasteiger partial charge in [0.15, 0.2) is 17.0 Å². The highest BCUT2D eigenvalue weighted by Crippen LogP contribution is 2.21. The number of anilines is 1. The van der Waals surface area contributed by atoms with Crippen molar-refractivity contribution in [2.75, 3.05) is 11.4 Å². The molecule has 0 amide bonds. The number of benzene rings is 1. The molecule has 0 N–H and O–H groups in total. The second kappa shape index (κ2) is 5.87. The van der Waals surface area contributed by atoms with Crippen molar-refractivity contribution < 1.29 is 0 Å². The van der Waals surface area contributed by atoms with E-state index < -0.39 is 0 Å². The van der Waals surface area contributed by atoms with Gasteiger partial charge >= 0.3 is 0 Å². The highest BCUT2D eigenvalue weighted by atomic mass is 15.4. The van der Waals surface area contributed by atoms with Crippen molar-refractivity contribution in [1.82, 2.24) is 25.0 Å². The molecule has 0 aliphatic heterocycles. The van der Waals surface area contributed by atoms with E-state index in [-0.39, 0.29) is 0 Å². The summed E-state index contributed by atoms with van der Waals surface area (Å²) >= 11 is 0. The van der Waals surface area contributed by atoms with E-state index >= 15 is 0 Å². The van der Waals surface area contributed by atoms with Gasteiger partial charge in [-0.1, -0.05) is 35.5 Å². The smallest absolute Gasteiger partial charge is 0.183 e. The van der Waals surface area contributed by atoms with Crippen LogP contribution in [0.25, 0.3) is 11.2 Å². The average Bonchev–Trinajstić information content (AvgIpc) is 2.97. The fourth-order valence-corrected chi connectivity index (χ4v) is 2.36. The van der Waals surface area contributed by atoms with Crippen LogP contribution in [0.5, 0.6) is 0 Å². The second-order valence-electron chi connectivity index (χ2n) is 4.77. The van der Waals surface area contributed by atoms with Gasteiger partial charge in [-0.3, -0.25) is 0 Å². The Labute approximate surface area is 123 Å². The predicted octanol–water partition coefficient (Wildman–Crippen LogP) is 2.27. The van der Waals surface area contributed by atoms with Crippen LogP contribution < -0.4 is 4.90 Å². The largest absolute Gasteiger partial charge is 0.351 e. The molecule has 0 aliphatic carbocycles. The van der Waals surface area contributed by atoms with E-state index in [2.05, 4.69) is 44.2 Å². The Balaban J connectivity index is 1.99. The van der Waals surface area contributed by atoms with Crippen molar-refractivity contribution in [1.29, 1.82) is 0 Å². The van der Waals surface area contributed by atoms with Crippen molar-refractivity contribution in [3.05, 3.63) is 42.2 Å². The van der Waals surface area contributed by atoms with Gasteiger partial charge in [0, 0.05) is 19.6 Å². The lowest BCUT2D eigenvalue weighted by molar-refractivity contribution is 0.641. The Hall–Kier alpha value is -2.50. The lowest BCUT2D eigenvalue weighted by Crippen LogP contribution is -2.23. The fraction of sp³-hybridized carbons (Fsp3) is 0.333. The summed E-state index contributed by atoms with van der Waals surface area (Å²) in [4.78, 5) is 10.9. The summed E-state index contributed by atoms with van der Waals surface area (Å²) in [6.07, 6.45) is 1.58. The Morgan fingerprint density at radius 1 is 1.10 bits per heavy atom. The molecule has 0 spiro atoms. The zero-order valence-corrected chi connectivity index (χ0v) is 12.3. The van der Waals surface area contributed by atoms with Crippen LogP contribution in [0.4, 0.5) is 5.82 Å². The zero-order valence-electron chi connectivity index (χ0n) is 12.3. The minimum Gasteiger partial charge on any atom is -0.351 e. The van der Waals surface area contributed by atoms with E-state index in [0.717, 1.165) is 36.6 Å². The number of rotatable bonds is 5. The number of nitrogens with zero attached hydrogens (tertiary/aromatic N) is 6. The highest BCUT2D eigenvalue weighted by molar-refractivity contribution is 5.82. The predicted molar refractivity (Wildman–Crippen MR) is 82.0 cm³/mol. The zero-order chi connectivity index (χ0) is 14.7. The third-order valence-electron chi connectivity index (χ3n) is 3.48. The molecular weight excluding hydrogens is 264 g/mol. The van der Waals surface area contributed by atoms with Crippen LogP contribution in [0.3, 0.4) is 0 Å². The van der Waals surface area contributed by atoms with Crippen molar-refractivity contribution in [2.45, 2.75) is 26.9 Å². The standard InChI is InChI=1S/C15H18N6/c1-3-20(10-12-8-6-5-7-9-12)14-13-15(17-11-16-14)21(4-2)19-18-13/h5-9,11H,3-4,10H2,1-2H3. The fourth-order valence-electron chi connectivity index (χ4n) is 2.36. The first-order valence-corrected chi connectivity index (χ1v) is 7.16. The molecule has 1 aromatic carbocycles. The van der Waals surface area contributed by atoms with Crippen LogP contribution in [0.1, 0.15) is 19.4 Å². The summed E-state index contributed by atoms with van der Waals surface area (Å²) in [5.74, 6) is 0.839. The van der Waals surface area contributed by atoms with Gasteiger partial charge in [-0.2, -0.15) is 0 Å². The molecule has 6 nitrogen and oxygen atoms in total. The van der Waals surface area contributed by atoms with Crippen LogP contribution in [0.15, 0.2) is 36.7 Å². The molecule has 0 atom stereocenters. The summed E-state index contributed by atoms with van der Waals surface area (Å²) in [5.41, 5.74) is 2.79. The van der Waals surface area contributed by atoms with Crippen molar-refractivity contribution >= 4 is 17.0 Å². The third-order valence-corrected chi connectivity index (χ3v) is 3.48. The normalized spacial score (nSPS) is 11.0. The van der Waals surface area contributed by atoms with Crippen LogP contribution in [-0.2, 0) is 13.1 Å². The van der Waals surface area contributed by atoms with E-state index in [1.165, 1.54) is 5.56 Å². The Morgan fingerprint density at radius 2 is 1.90 bits per heavy atom.